The Bertz CT molecular complexity index is 282. The van der Waals surface area contributed by atoms with Crippen molar-refractivity contribution in [3.63, 3.8) is 0 Å². The molecular formula is C27H55N. The highest BCUT2D eigenvalue weighted by Crippen LogP contribution is 2.20. The van der Waals surface area contributed by atoms with Gasteiger partial charge in [0.05, 0.1) is 0 Å². The van der Waals surface area contributed by atoms with E-state index in [0.717, 1.165) is 5.92 Å². The molecule has 1 heterocycles. The van der Waals surface area contributed by atoms with Gasteiger partial charge in [0.15, 0.2) is 0 Å². The average Bonchev–Trinajstić information content (AvgIpc) is 2.73. The zero-order chi connectivity index (χ0) is 20.0. The minimum atomic E-state index is 1.04. The average molecular weight is 394 g/mol. The maximum atomic E-state index is 3.48. The van der Waals surface area contributed by atoms with Gasteiger partial charge in [-0.2, -0.15) is 0 Å². The molecule has 1 aliphatic rings. The van der Waals surface area contributed by atoms with E-state index in [1.165, 1.54) is 161 Å². The molecule has 1 aliphatic heterocycles. The van der Waals surface area contributed by atoms with Crippen LogP contribution in [0.3, 0.4) is 0 Å². The maximum Gasteiger partial charge on any atom is -0.00463 e. The van der Waals surface area contributed by atoms with E-state index < -0.39 is 0 Å². The van der Waals surface area contributed by atoms with E-state index in [0.29, 0.717) is 0 Å². The molecule has 0 aromatic heterocycles. The molecule has 1 fully saturated rings. The summed E-state index contributed by atoms with van der Waals surface area (Å²) in [5, 5.41) is 3.48. The van der Waals surface area contributed by atoms with Crippen molar-refractivity contribution in [3.8, 4) is 0 Å². The van der Waals surface area contributed by atoms with Gasteiger partial charge in [0.2, 0.25) is 0 Å². The second-order valence-electron chi connectivity index (χ2n) is 9.70. The molecule has 0 aromatic carbocycles. The van der Waals surface area contributed by atoms with E-state index in [2.05, 4.69) is 12.2 Å². The largest absolute Gasteiger partial charge is 0.317 e. The first kappa shape index (κ1) is 26.0. The zero-order valence-electron chi connectivity index (χ0n) is 19.8. The van der Waals surface area contributed by atoms with Crippen molar-refractivity contribution in [2.75, 3.05) is 13.1 Å². The third-order valence-electron chi connectivity index (χ3n) is 6.92. The molecule has 0 saturated carbocycles. The Morgan fingerprint density at radius 3 is 1.14 bits per heavy atom. The second kappa shape index (κ2) is 21.7. The van der Waals surface area contributed by atoms with Crippen LogP contribution in [0.15, 0.2) is 0 Å². The fourth-order valence-electron chi connectivity index (χ4n) is 4.86. The highest BCUT2D eigenvalue weighted by Gasteiger charge is 2.11. The van der Waals surface area contributed by atoms with Crippen molar-refractivity contribution in [2.45, 2.75) is 155 Å². The normalized spacial score (nSPS) is 15.3. The Labute approximate surface area is 179 Å². The smallest absolute Gasteiger partial charge is 0.00463 e. The van der Waals surface area contributed by atoms with Gasteiger partial charge in [0.25, 0.3) is 0 Å². The molecule has 1 nitrogen and oxygen atoms in total. The summed E-state index contributed by atoms with van der Waals surface area (Å²) in [7, 11) is 0. The monoisotopic (exact) mass is 393 g/mol. The Morgan fingerprint density at radius 1 is 0.464 bits per heavy atom. The first-order valence-electron chi connectivity index (χ1n) is 13.6. The van der Waals surface area contributed by atoms with Crippen LogP contribution in [-0.4, -0.2) is 13.1 Å². The van der Waals surface area contributed by atoms with Crippen molar-refractivity contribution in [1.29, 1.82) is 0 Å². The Balaban J connectivity index is 1.64. The quantitative estimate of drug-likeness (QED) is 0.192. The summed E-state index contributed by atoms with van der Waals surface area (Å²) in [6, 6.07) is 0. The van der Waals surface area contributed by atoms with E-state index in [4.69, 9.17) is 0 Å². The van der Waals surface area contributed by atoms with Gasteiger partial charge in [0, 0.05) is 0 Å². The van der Waals surface area contributed by atoms with Gasteiger partial charge in [-0.25, -0.2) is 0 Å². The fraction of sp³-hybridized carbons (Fsp3) is 1.00. The lowest BCUT2D eigenvalue weighted by atomic mass is 9.92. The molecular weight excluding hydrogens is 338 g/mol. The van der Waals surface area contributed by atoms with E-state index in [1.54, 1.807) is 0 Å². The lowest BCUT2D eigenvalue weighted by Gasteiger charge is -2.22. The molecule has 0 spiro atoms. The topological polar surface area (TPSA) is 12.0 Å². The van der Waals surface area contributed by atoms with Gasteiger partial charge in [-0.3, -0.25) is 0 Å². The number of unbranched alkanes of at least 4 members (excludes halogenated alkanes) is 19. The first-order valence-corrected chi connectivity index (χ1v) is 13.6. The van der Waals surface area contributed by atoms with Crippen LogP contribution in [0.4, 0.5) is 0 Å². The molecule has 0 bridgehead atoms. The van der Waals surface area contributed by atoms with Crippen molar-refractivity contribution in [1.82, 2.24) is 5.32 Å². The summed E-state index contributed by atoms with van der Waals surface area (Å²) in [5.74, 6) is 1.04. The van der Waals surface area contributed by atoms with Gasteiger partial charge in [0.1, 0.15) is 0 Å². The highest BCUT2D eigenvalue weighted by molar-refractivity contribution is 4.68. The van der Waals surface area contributed by atoms with Crippen LogP contribution in [0, 0.1) is 5.92 Å². The second-order valence-corrected chi connectivity index (χ2v) is 9.70. The molecule has 0 aromatic rings. The predicted octanol–water partition coefficient (Wildman–Crippen LogP) is 9.20. The van der Waals surface area contributed by atoms with E-state index in [9.17, 15) is 0 Å². The summed E-state index contributed by atoms with van der Waals surface area (Å²) in [4.78, 5) is 0. The first-order chi connectivity index (χ1) is 13.9. The maximum absolute atomic E-state index is 3.48. The molecule has 28 heavy (non-hydrogen) atoms. The van der Waals surface area contributed by atoms with Crippen molar-refractivity contribution in [2.24, 2.45) is 5.92 Å². The van der Waals surface area contributed by atoms with Gasteiger partial charge < -0.3 is 5.32 Å². The van der Waals surface area contributed by atoms with E-state index in [-0.39, 0.29) is 0 Å². The van der Waals surface area contributed by atoms with Crippen LogP contribution < -0.4 is 5.32 Å². The lowest BCUT2D eigenvalue weighted by Crippen LogP contribution is -2.27. The minimum absolute atomic E-state index is 1.04. The predicted molar refractivity (Wildman–Crippen MR) is 128 cm³/mol. The molecule has 0 atom stereocenters. The third kappa shape index (κ3) is 18.0. The minimum Gasteiger partial charge on any atom is -0.317 e. The standard InChI is InChI=1S/C27H55N/c1-2-3-4-5-6-7-8-9-10-11-12-13-14-15-16-17-18-19-20-21-22-27-23-25-28-26-24-27/h27-28H,2-26H2,1H3. The van der Waals surface area contributed by atoms with Gasteiger partial charge in [-0.15, -0.1) is 0 Å². The van der Waals surface area contributed by atoms with E-state index >= 15 is 0 Å². The van der Waals surface area contributed by atoms with Crippen molar-refractivity contribution >= 4 is 0 Å². The molecule has 0 amide bonds. The highest BCUT2D eigenvalue weighted by atomic mass is 14.9. The number of hydrogen-bond acceptors (Lipinski definition) is 1. The molecule has 1 rings (SSSR count). The number of piperidine rings is 1. The Morgan fingerprint density at radius 2 is 0.786 bits per heavy atom. The summed E-state index contributed by atoms with van der Waals surface area (Å²) in [6.45, 7) is 4.84. The van der Waals surface area contributed by atoms with Crippen LogP contribution in [0.25, 0.3) is 0 Å². The number of rotatable bonds is 21. The van der Waals surface area contributed by atoms with Gasteiger partial charge >= 0.3 is 0 Å². The van der Waals surface area contributed by atoms with Gasteiger partial charge in [-0.1, -0.05) is 142 Å². The molecule has 1 heteroatoms. The summed E-state index contributed by atoms with van der Waals surface area (Å²) in [6.07, 6.45) is 34.0. The van der Waals surface area contributed by atoms with Crippen LogP contribution in [0.5, 0.6) is 0 Å². The zero-order valence-corrected chi connectivity index (χ0v) is 19.8. The Hall–Kier alpha value is -0.0400. The molecule has 1 saturated heterocycles. The summed E-state index contributed by atoms with van der Waals surface area (Å²) < 4.78 is 0. The molecule has 0 aliphatic carbocycles. The Kier molecular flexibility index (Phi) is 20.1. The van der Waals surface area contributed by atoms with Crippen molar-refractivity contribution < 1.29 is 0 Å². The molecule has 168 valence electrons. The van der Waals surface area contributed by atoms with Crippen molar-refractivity contribution in [3.05, 3.63) is 0 Å². The van der Waals surface area contributed by atoms with Crippen LogP contribution in [0.2, 0.25) is 0 Å². The summed E-state index contributed by atoms with van der Waals surface area (Å²) in [5.41, 5.74) is 0. The van der Waals surface area contributed by atoms with Crippen LogP contribution in [0.1, 0.15) is 155 Å². The van der Waals surface area contributed by atoms with Crippen LogP contribution in [-0.2, 0) is 0 Å². The third-order valence-corrected chi connectivity index (χ3v) is 6.92. The lowest BCUT2D eigenvalue weighted by molar-refractivity contribution is 0.342. The van der Waals surface area contributed by atoms with Gasteiger partial charge in [-0.05, 0) is 31.8 Å². The SMILES string of the molecule is CCCCCCCCCCCCCCCCCCCCCCC1CCNCC1. The molecule has 1 N–H and O–H groups in total. The number of hydrogen-bond donors (Lipinski definition) is 1. The number of nitrogens with one attached hydrogen (secondary N) is 1. The molecule has 0 unspecified atom stereocenters. The summed E-state index contributed by atoms with van der Waals surface area (Å²) >= 11 is 0. The van der Waals surface area contributed by atoms with Crippen LogP contribution >= 0.6 is 0 Å². The molecule has 0 radical (unpaired) electrons. The van der Waals surface area contributed by atoms with E-state index in [1.807, 2.05) is 0 Å². The fourth-order valence-corrected chi connectivity index (χ4v) is 4.86.